The summed E-state index contributed by atoms with van der Waals surface area (Å²) in [5.74, 6) is 2.77. The van der Waals surface area contributed by atoms with Crippen molar-refractivity contribution in [2.24, 2.45) is 17.8 Å². The van der Waals surface area contributed by atoms with Crippen LogP contribution in [0.25, 0.3) is 0 Å². The third kappa shape index (κ3) is 2.56. The Balaban J connectivity index is 1.88. The molecule has 1 fully saturated rings. The van der Waals surface area contributed by atoms with Crippen LogP contribution in [0, 0.1) is 17.8 Å². The highest BCUT2D eigenvalue weighted by Crippen LogP contribution is 2.27. The van der Waals surface area contributed by atoms with Gasteiger partial charge in [-0.05, 0) is 30.6 Å². The molecule has 4 heteroatoms. The minimum absolute atomic E-state index is 0.200. The Kier molecular flexibility index (Phi) is 3.48. The zero-order valence-electron chi connectivity index (χ0n) is 12.6. The number of hydrogen-bond donors (Lipinski definition) is 0. The highest BCUT2D eigenvalue weighted by atomic mass is 16.1. The van der Waals surface area contributed by atoms with Crippen molar-refractivity contribution in [1.82, 2.24) is 9.97 Å². The summed E-state index contributed by atoms with van der Waals surface area (Å²) in [6.07, 6.45) is 4.55. The van der Waals surface area contributed by atoms with E-state index in [9.17, 15) is 4.79 Å². The number of carbonyl (C=O) groups is 1. The molecule has 108 valence electrons. The van der Waals surface area contributed by atoms with Gasteiger partial charge in [0.15, 0.2) is 5.78 Å². The second-order valence-corrected chi connectivity index (χ2v) is 6.82. The van der Waals surface area contributed by atoms with Gasteiger partial charge in [-0.3, -0.25) is 4.79 Å². The quantitative estimate of drug-likeness (QED) is 0.789. The molecular weight excluding hydrogens is 250 g/mol. The minimum Gasteiger partial charge on any atom is -0.340 e. The number of fused-ring (bicyclic) bond motifs is 1. The molecule has 1 aliphatic carbocycles. The maximum absolute atomic E-state index is 12.0. The maximum atomic E-state index is 12.0. The molecule has 2 aliphatic rings. The lowest BCUT2D eigenvalue weighted by Crippen LogP contribution is -2.40. The summed E-state index contributed by atoms with van der Waals surface area (Å²) in [5, 5.41) is 0. The summed E-state index contributed by atoms with van der Waals surface area (Å²) >= 11 is 0. The Bertz CT molecular complexity index is 518. The number of Topliss-reactive ketones (excluding diaryl/α,β-unsaturated/α-hetero) is 1. The van der Waals surface area contributed by atoms with Gasteiger partial charge in [0.1, 0.15) is 0 Å². The van der Waals surface area contributed by atoms with E-state index in [0.29, 0.717) is 24.2 Å². The van der Waals surface area contributed by atoms with Gasteiger partial charge in [0.2, 0.25) is 5.95 Å². The molecule has 0 bridgehead atoms. The Labute approximate surface area is 120 Å². The lowest BCUT2D eigenvalue weighted by Gasteiger charge is -2.35. The predicted molar refractivity (Wildman–Crippen MR) is 79.0 cm³/mol. The number of rotatable bonds is 1. The van der Waals surface area contributed by atoms with Crippen LogP contribution in [0.2, 0.25) is 0 Å². The summed E-state index contributed by atoms with van der Waals surface area (Å²) in [4.78, 5) is 23.4. The Hall–Kier alpha value is -1.45. The molecule has 2 heterocycles. The molecule has 0 N–H and O–H groups in total. The van der Waals surface area contributed by atoms with Crippen LogP contribution in [-0.2, 0) is 6.42 Å². The van der Waals surface area contributed by atoms with Crippen molar-refractivity contribution in [2.45, 2.75) is 40.0 Å². The predicted octanol–water partition coefficient (Wildman–Crippen LogP) is 2.72. The molecule has 0 unspecified atom stereocenters. The van der Waals surface area contributed by atoms with Gasteiger partial charge in [-0.2, -0.15) is 0 Å². The highest BCUT2D eigenvalue weighted by Gasteiger charge is 2.27. The fourth-order valence-corrected chi connectivity index (χ4v) is 3.60. The average molecular weight is 273 g/mol. The number of nitrogens with zero attached hydrogens (tertiary/aromatic N) is 3. The van der Waals surface area contributed by atoms with Gasteiger partial charge < -0.3 is 4.90 Å². The SMILES string of the molecule is C[C@@H]1C[C@@H](C)CN(c2ncc3c(n2)C[C@@H](C)CC3=O)C1. The van der Waals surface area contributed by atoms with Crippen LogP contribution in [0.4, 0.5) is 5.95 Å². The van der Waals surface area contributed by atoms with Gasteiger partial charge in [-0.15, -0.1) is 0 Å². The number of ketones is 1. The summed E-state index contributed by atoms with van der Waals surface area (Å²) in [6.45, 7) is 8.73. The van der Waals surface area contributed by atoms with E-state index < -0.39 is 0 Å². The van der Waals surface area contributed by atoms with Crippen molar-refractivity contribution in [3.05, 3.63) is 17.5 Å². The van der Waals surface area contributed by atoms with E-state index in [2.05, 4.69) is 30.7 Å². The molecule has 0 radical (unpaired) electrons. The number of carbonyl (C=O) groups excluding carboxylic acids is 1. The molecule has 1 aromatic heterocycles. The molecule has 20 heavy (non-hydrogen) atoms. The summed E-state index contributed by atoms with van der Waals surface area (Å²) < 4.78 is 0. The molecule has 3 rings (SSSR count). The summed E-state index contributed by atoms with van der Waals surface area (Å²) in [7, 11) is 0. The lowest BCUT2D eigenvalue weighted by molar-refractivity contribution is 0.0951. The van der Waals surface area contributed by atoms with Crippen LogP contribution in [-0.4, -0.2) is 28.8 Å². The van der Waals surface area contributed by atoms with E-state index >= 15 is 0 Å². The van der Waals surface area contributed by atoms with Crippen LogP contribution >= 0.6 is 0 Å². The monoisotopic (exact) mass is 273 g/mol. The first-order valence-electron chi connectivity index (χ1n) is 7.67. The zero-order chi connectivity index (χ0) is 14.3. The van der Waals surface area contributed by atoms with E-state index in [4.69, 9.17) is 4.98 Å². The van der Waals surface area contributed by atoms with Gasteiger partial charge in [0.25, 0.3) is 0 Å². The molecule has 0 amide bonds. The van der Waals surface area contributed by atoms with Crippen LogP contribution in [0.15, 0.2) is 6.20 Å². The van der Waals surface area contributed by atoms with E-state index in [0.717, 1.165) is 36.7 Å². The molecular formula is C16H23N3O. The first kappa shape index (κ1) is 13.5. The van der Waals surface area contributed by atoms with E-state index in [1.807, 2.05) is 0 Å². The fourth-order valence-electron chi connectivity index (χ4n) is 3.60. The molecule has 0 spiro atoms. The number of hydrogen-bond acceptors (Lipinski definition) is 4. The van der Waals surface area contributed by atoms with Crippen molar-refractivity contribution in [1.29, 1.82) is 0 Å². The molecule has 0 saturated carbocycles. The highest BCUT2D eigenvalue weighted by molar-refractivity contribution is 5.98. The number of piperidine rings is 1. The van der Waals surface area contributed by atoms with Gasteiger partial charge in [-0.1, -0.05) is 20.8 Å². The second kappa shape index (κ2) is 5.15. The molecule has 1 aliphatic heterocycles. The van der Waals surface area contributed by atoms with Gasteiger partial charge in [0.05, 0.1) is 11.3 Å². The zero-order valence-corrected chi connectivity index (χ0v) is 12.6. The standard InChI is InChI=1S/C16H23N3O/c1-10-5-14-13(15(20)6-10)7-17-16(18-14)19-8-11(2)4-12(3)9-19/h7,10-12H,4-6,8-9H2,1-3H3/t10-,11-,12-/m1/s1. The average Bonchev–Trinajstić information content (AvgIpc) is 2.36. The maximum Gasteiger partial charge on any atom is 0.225 e. The van der Waals surface area contributed by atoms with E-state index in [1.54, 1.807) is 6.20 Å². The van der Waals surface area contributed by atoms with Crippen LogP contribution in [0.3, 0.4) is 0 Å². The second-order valence-electron chi connectivity index (χ2n) is 6.82. The van der Waals surface area contributed by atoms with Gasteiger partial charge in [-0.25, -0.2) is 9.97 Å². The lowest BCUT2D eigenvalue weighted by atomic mass is 9.88. The van der Waals surface area contributed by atoms with Crippen LogP contribution < -0.4 is 4.90 Å². The fraction of sp³-hybridized carbons (Fsp3) is 0.688. The summed E-state index contributed by atoms with van der Waals surface area (Å²) in [5.41, 5.74) is 1.69. The largest absolute Gasteiger partial charge is 0.340 e. The van der Waals surface area contributed by atoms with Gasteiger partial charge in [0, 0.05) is 25.7 Å². The van der Waals surface area contributed by atoms with Crippen molar-refractivity contribution in [2.75, 3.05) is 18.0 Å². The van der Waals surface area contributed by atoms with Crippen molar-refractivity contribution >= 4 is 11.7 Å². The molecule has 1 aromatic rings. The number of aromatic nitrogens is 2. The van der Waals surface area contributed by atoms with E-state index in [1.165, 1.54) is 6.42 Å². The normalized spacial score (nSPS) is 30.2. The Morgan fingerprint density at radius 2 is 1.80 bits per heavy atom. The summed E-state index contributed by atoms with van der Waals surface area (Å²) in [6, 6.07) is 0. The topological polar surface area (TPSA) is 46.1 Å². The van der Waals surface area contributed by atoms with Crippen LogP contribution in [0.5, 0.6) is 0 Å². The molecule has 1 saturated heterocycles. The Morgan fingerprint density at radius 1 is 1.10 bits per heavy atom. The minimum atomic E-state index is 0.200. The first-order valence-corrected chi connectivity index (χ1v) is 7.67. The van der Waals surface area contributed by atoms with E-state index in [-0.39, 0.29) is 5.78 Å². The van der Waals surface area contributed by atoms with Crippen molar-refractivity contribution in [3.8, 4) is 0 Å². The van der Waals surface area contributed by atoms with Gasteiger partial charge >= 0.3 is 0 Å². The molecule has 3 atom stereocenters. The smallest absolute Gasteiger partial charge is 0.225 e. The number of anilines is 1. The third-order valence-electron chi connectivity index (χ3n) is 4.38. The van der Waals surface area contributed by atoms with Crippen LogP contribution in [0.1, 0.15) is 49.7 Å². The van der Waals surface area contributed by atoms with Crippen molar-refractivity contribution in [3.63, 3.8) is 0 Å². The molecule has 4 nitrogen and oxygen atoms in total. The first-order chi connectivity index (χ1) is 9.52. The van der Waals surface area contributed by atoms with Crippen molar-refractivity contribution < 1.29 is 4.79 Å². The Morgan fingerprint density at radius 3 is 2.50 bits per heavy atom. The molecule has 0 aromatic carbocycles. The third-order valence-corrected chi connectivity index (χ3v) is 4.38.